The van der Waals surface area contributed by atoms with Gasteiger partial charge in [-0.1, -0.05) is 13.8 Å². The van der Waals surface area contributed by atoms with Gasteiger partial charge in [0, 0.05) is 11.6 Å². The molecule has 0 aliphatic heterocycles. The summed E-state index contributed by atoms with van der Waals surface area (Å²) in [7, 11) is 1.59. The number of ketones is 1. The number of carbonyl (C=O) groups excluding carboxylic acids is 1. The second-order valence-electron chi connectivity index (χ2n) is 4.60. The minimum Gasteiger partial charge on any atom is -0.496 e. The van der Waals surface area contributed by atoms with Crippen LogP contribution in [0, 0.1) is 6.92 Å². The fourth-order valence-electron chi connectivity index (χ4n) is 1.83. The normalized spacial score (nSPS) is 11.0. The number of ether oxygens (including phenoxy) is 1. The predicted octanol–water partition coefficient (Wildman–Crippen LogP) is 2.95. The maximum atomic E-state index is 12.0. The summed E-state index contributed by atoms with van der Waals surface area (Å²) >= 11 is 0. The van der Waals surface area contributed by atoms with E-state index >= 15 is 0 Å². The average Bonchev–Trinajstić information content (AvgIpc) is 2.34. The molecule has 0 radical (unpaired) electrons. The van der Waals surface area contributed by atoms with E-state index in [2.05, 4.69) is 0 Å². The summed E-state index contributed by atoms with van der Waals surface area (Å²) in [6.07, 6.45) is 1.92. The number of aliphatic carboxylic acids is 1. The maximum Gasteiger partial charge on any atom is 0.328 e. The maximum absolute atomic E-state index is 12.0. The number of aryl methyl sites for hydroxylation is 1. The molecule has 1 N–H and O–H groups in total. The van der Waals surface area contributed by atoms with Gasteiger partial charge in [-0.05, 0) is 42.2 Å². The Morgan fingerprint density at radius 1 is 1.26 bits per heavy atom. The molecular weight excluding hydrogens is 244 g/mol. The molecule has 4 nitrogen and oxygen atoms in total. The molecule has 0 aliphatic rings. The van der Waals surface area contributed by atoms with E-state index in [-0.39, 0.29) is 11.7 Å². The molecule has 1 aromatic rings. The predicted molar refractivity (Wildman–Crippen MR) is 72.9 cm³/mol. The van der Waals surface area contributed by atoms with E-state index in [4.69, 9.17) is 9.84 Å². The van der Waals surface area contributed by atoms with Crippen LogP contribution in [0.5, 0.6) is 5.75 Å². The number of methoxy groups -OCH3 is 1. The van der Waals surface area contributed by atoms with Crippen LogP contribution in [0.4, 0.5) is 0 Å². The zero-order valence-corrected chi connectivity index (χ0v) is 11.6. The molecule has 4 heteroatoms. The molecule has 0 saturated heterocycles. The highest BCUT2D eigenvalue weighted by Gasteiger charge is 2.14. The third-order valence-corrected chi connectivity index (χ3v) is 2.84. The first kappa shape index (κ1) is 15.0. The second-order valence-corrected chi connectivity index (χ2v) is 4.60. The molecule has 0 fully saturated rings. The SMILES string of the molecule is COc1cc(C)c(C(=O)/C=C/C(=O)O)cc1C(C)C. The fourth-order valence-corrected chi connectivity index (χ4v) is 1.83. The van der Waals surface area contributed by atoms with Gasteiger partial charge in [0.25, 0.3) is 0 Å². The first-order valence-corrected chi connectivity index (χ1v) is 6.00. The van der Waals surface area contributed by atoms with Crippen LogP contribution >= 0.6 is 0 Å². The summed E-state index contributed by atoms with van der Waals surface area (Å²) < 4.78 is 5.30. The number of rotatable bonds is 5. The van der Waals surface area contributed by atoms with Crippen LogP contribution in [0.25, 0.3) is 0 Å². The third kappa shape index (κ3) is 3.68. The Hall–Kier alpha value is -2.10. The van der Waals surface area contributed by atoms with Crippen molar-refractivity contribution in [2.75, 3.05) is 7.11 Å². The van der Waals surface area contributed by atoms with E-state index in [1.54, 1.807) is 26.2 Å². The van der Waals surface area contributed by atoms with Crippen LogP contribution in [-0.2, 0) is 4.79 Å². The van der Waals surface area contributed by atoms with Gasteiger partial charge in [-0.3, -0.25) is 4.79 Å². The van der Waals surface area contributed by atoms with Gasteiger partial charge in [-0.25, -0.2) is 4.79 Å². The third-order valence-electron chi connectivity index (χ3n) is 2.84. The number of carbonyl (C=O) groups is 2. The number of carboxylic acids is 1. The largest absolute Gasteiger partial charge is 0.496 e. The van der Waals surface area contributed by atoms with Gasteiger partial charge in [0.1, 0.15) is 5.75 Å². The molecule has 0 unspecified atom stereocenters. The van der Waals surface area contributed by atoms with Crippen LogP contribution in [0.1, 0.15) is 41.3 Å². The van der Waals surface area contributed by atoms with Crippen molar-refractivity contribution in [3.8, 4) is 5.75 Å². The number of carboxylic acid groups (broad SMARTS) is 1. The fraction of sp³-hybridized carbons (Fsp3) is 0.333. The number of hydrogen-bond donors (Lipinski definition) is 1. The van der Waals surface area contributed by atoms with Crippen molar-refractivity contribution >= 4 is 11.8 Å². The van der Waals surface area contributed by atoms with Crippen LogP contribution in [-0.4, -0.2) is 24.0 Å². The molecule has 0 heterocycles. The molecule has 0 saturated carbocycles. The number of allylic oxidation sites excluding steroid dienone is 1. The summed E-state index contributed by atoms with van der Waals surface area (Å²) in [5, 5.41) is 8.54. The Bertz CT molecular complexity index is 527. The van der Waals surface area contributed by atoms with Gasteiger partial charge >= 0.3 is 5.97 Å². The van der Waals surface area contributed by atoms with Gasteiger partial charge in [-0.15, -0.1) is 0 Å². The second kappa shape index (κ2) is 6.18. The van der Waals surface area contributed by atoms with Crippen molar-refractivity contribution in [2.24, 2.45) is 0 Å². The minimum absolute atomic E-state index is 0.213. The number of benzene rings is 1. The molecule has 0 aromatic heterocycles. The van der Waals surface area contributed by atoms with Crippen molar-refractivity contribution in [3.05, 3.63) is 41.0 Å². The molecule has 0 amide bonds. The highest BCUT2D eigenvalue weighted by molar-refractivity contribution is 6.08. The standard InChI is InChI=1S/C15H18O4/c1-9(2)11-8-12(10(3)7-14(11)19-4)13(16)5-6-15(17)18/h5-9H,1-4H3,(H,17,18)/b6-5+. The lowest BCUT2D eigenvalue weighted by molar-refractivity contribution is -0.131. The van der Waals surface area contributed by atoms with Gasteiger partial charge in [0.05, 0.1) is 7.11 Å². The highest BCUT2D eigenvalue weighted by Crippen LogP contribution is 2.29. The van der Waals surface area contributed by atoms with Crippen molar-refractivity contribution < 1.29 is 19.4 Å². The van der Waals surface area contributed by atoms with Crippen LogP contribution < -0.4 is 4.74 Å². The highest BCUT2D eigenvalue weighted by atomic mass is 16.5. The van der Waals surface area contributed by atoms with Crippen molar-refractivity contribution in [2.45, 2.75) is 26.7 Å². The first-order chi connectivity index (χ1) is 8.86. The average molecular weight is 262 g/mol. The van der Waals surface area contributed by atoms with Crippen molar-refractivity contribution in [1.82, 2.24) is 0 Å². The quantitative estimate of drug-likeness (QED) is 0.654. The van der Waals surface area contributed by atoms with Gasteiger partial charge in [-0.2, -0.15) is 0 Å². The molecule has 1 rings (SSSR count). The Labute approximate surface area is 112 Å². The van der Waals surface area contributed by atoms with Crippen LogP contribution in [0.3, 0.4) is 0 Å². The lowest BCUT2D eigenvalue weighted by Crippen LogP contribution is -2.04. The Balaban J connectivity index is 3.25. The molecule has 19 heavy (non-hydrogen) atoms. The van der Waals surface area contributed by atoms with E-state index in [9.17, 15) is 9.59 Å². The monoisotopic (exact) mass is 262 g/mol. The Morgan fingerprint density at radius 3 is 2.37 bits per heavy atom. The summed E-state index contributed by atoms with van der Waals surface area (Å²) in [4.78, 5) is 22.4. The summed E-state index contributed by atoms with van der Waals surface area (Å²) in [5.41, 5.74) is 2.20. The first-order valence-electron chi connectivity index (χ1n) is 6.00. The molecule has 0 aliphatic carbocycles. The van der Waals surface area contributed by atoms with Gasteiger partial charge < -0.3 is 9.84 Å². The van der Waals surface area contributed by atoms with E-state index in [0.29, 0.717) is 5.56 Å². The zero-order chi connectivity index (χ0) is 14.6. The molecule has 1 aromatic carbocycles. The topological polar surface area (TPSA) is 63.6 Å². The molecule has 0 bridgehead atoms. The summed E-state index contributed by atoms with van der Waals surface area (Å²) in [6, 6.07) is 3.57. The smallest absolute Gasteiger partial charge is 0.328 e. The van der Waals surface area contributed by atoms with E-state index in [1.165, 1.54) is 0 Å². The zero-order valence-electron chi connectivity index (χ0n) is 11.6. The van der Waals surface area contributed by atoms with Gasteiger partial charge in [0.15, 0.2) is 5.78 Å². The van der Waals surface area contributed by atoms with E-state index in [0.717, 1.165) is 29.0 Å². The lowest BCUT2D eigenvalue weighted by atomic mass is 9.94. The molecular formula is C15H18O4. The van der Waals surface area contributed by atoms with E-state index < -0.39 is 5.97 Å². The lowest BCUT2D eigenvalue weighted by Gasteiger charge is -2.14. The molecule has 102 valence electrons. The Morgan fingerprint density at radius 2 is 1.89 bits per heavy atom. The van der Waals surface area contributed by atoms with Crippen LogP contribution in [0.2, 0.25) is 0 Å². The summed E-state index contributed by atoms with van der Waals surface area (Å²) in [6.45, 7) is 5.82. The van der Waals surface area contributed by atoms with Crippen molar-refractivity contribution in [1.29, 1.82) is 0 Å². The van der Waals surface area contributed by atoms with E-state index in [1.807, 2.05) is 13.8 Å². The van der Waals surface area contributed by atoms with Crippen molar-refractivity contribution in [3.63, 3.8) is 0 Å². The molecule has 0 atom stereocenters. The minimum atomic E-state index is -1.14. The van der Waals surface area contributed by atoms with Gasteiger partial charge in [0.2, 0.25) is 0 Å². The number of hydrogen-bond acceptors (Lipinski definition) is 3. The molecule has 0 spiro atoms. The van der Waals surface area contributed by atoms with Crippen LogP contribution in [0.15, 0.2) is 24.3 Å². The summed E-state index contributed by atoms with van der Waals surface area (Å²) in [5.74, 6) is -0.495. The Kier molecular flexibility index (Phi) is 4.87.